The fraction of sp³-hybridized carbons (Fsp3) is 0.517. The molecule has 2 aliphatic heterocycles. The minimum atomic E-state index is -0.565. The van der Waals surface area contributed by atoms with Gasteiger partial charge in [-0.15, -0.1) is 0 Å². The van der Waals surface area contributed by atoms with Gasteiger partial charge in [-0.25, -0.2) is 0 Å². The summed E-state index contributed by atoms with van der Waals surface area (Å²) in [6.45, 7) is 5.26. The van der Waals surface area contributed by atoms with E-state index in [0.717, 1.165) is 53.8 Å². The highest BCUT2D eigenvalue weighted by Crippen LogP contribution is 2.46. The molecule has 2 heterocycles. The highest BCUT2D eigenvalue weighted by atomic mass is 16.5. The van der Waals surface area contributed by atoms with Crippen LogP contribution in [-0.4, -0.2) is 49.1 Å². The molecular weight excluding hydrogens is 440 g/mol. The lowest BCUT2D eigenvalue weighted by molar-refractivity contribution is -0.141. The standard InChI is InChI=1S/C29H36N2O4/c1-19(2)35-23-10-7-20(8-11-23)21-9-12-26-25(18-21)29(28(33)30-26)13-15-31(16-14-29)27(32)22-5-4-6-24(17-22)34-3/h7-12,18-19,22,24H,4-6,13-17H2,1-3H3,(H,30,33)/t22-,24+/m0/s1. The van der Waals surface area contributed by atoms with Gasteiger partial charge in [0, 0.05) is 31.8 Å². The molecule has 35 heavy (non-hydrogen) atoms. The van der Waals surface area contributed by atoms with E-state index in [0.29, 0.717) is 25.9 Å². The number of nitrogens with one attached hydrogen (secondary N) is 1. The number of hydrogen-bond acceptors (Lipinski definition) is 4. The molecule has 0 unspecified atom stereocenters. The molecule has 2 atom stereocenters. The summed E-state index contributed by atoms with van der Waals surface area (Å²) < 4.78 is 11.3. The molecule has 2 fully saturated rings. The van der Waals surface area contributed by atoms with Gasteiger partial charge in [0.15, 0.2) is 0 Å². The maximum Gasteiger partial charge on any atom is 0.235 e. The first-order valence-corrected chi connectivity index (χ1v) is 12.9. The molecule has 2 aromatic rings. The minimum absolute atomic E-state index is 0.0432. The van der Waals surface area contributed by atoms with Crippen LogP contribution in [0.3, 0.4) is 0 Å². The Labute approximate surface area is 208 Å². The number of benzene rings is 2. The Hall–Kier alpha value is -2.86. The zero-order valence-corrected chi connectivity index (χ0v) is 21.0. The first-order chi connectivity index (χ1) is 16.9. The van der Waals surface area contributed by atoms with Gasteiger partial charge in [0.1, 0.15) is 5.75 Å². The number of fused-ring (bicyclic) bond motifs is 2. The Bertz CT molecular complexity index is 1090. The van der Waals surface area contributed by atoms with Gasteiger partial charge in [0.2, 0.25) is 11.8 Å². The van der Waals surface area contributed by atoms with E-state index < -0.39 is 5.41 Å². The molecule has 2 aromatic carbocycles. The average Bonchev–Trinajstić information content (AvgIpc) is 3.14. The van der Waals surface area contributed by atoms with Crippen molar-refractivity contribution in [2.24, 2.45) is 5.92 Å². The van der Waals surface area contributed by atoms with Crippen LogP contribution in [0.1, 0.15) is 57.9 Å². The number of anilines is 1. The summed E-state index contributed by atoms with van der Waals surface area (Å²) in [5, 5.41) is 3.11. The lowest BCUT2D eigenvalue weighted by atomic mass is 9.73. The van der Waals surface area contributed by atoms with Crippen molar-refractivity contribution in [3.63, 3.8) is 0 Å². The summed E-state index contributed by atoms with van der Waals surface area (Å²) >= 11 is 0. The van der Waals surface area contributed by atoms with E-state index in [4.69, 9.17) is 9.47 Å². The van der Waals surface area contributed by atoms with Crippen LogP contribution >= 0.6 is 0 Å². The Balaban J connectivity index is 1.32. The normalized spacial score (nSPS) is 23.3. The van der Waals surface area contributed by atoms with Gasteiger partial charge in [-0.2, -0.15) is 0 Å². The monoisotopic (exact) mass is 476 g/mol. The number of carbonyl (C=O) groups is 2. The van der Waals surface area contributed by atoms with Gasteiger partial charge in [0.05, 0.1) is 17.6 Å². The fourth-order valence-electron chi connectivity index (χ4n) is 6.04. The Morgan fingerprint density at radius 3 is 2.46 bits per heavy atom. The van der Waals surface area contributed by atoms with Gasteiger partial charge in [-0.1, -0.05) is 24.6 Å². The molecule has 1 aliphatic carbocycles. The molecular formula is C29H36N2O4. The molecule has 1 N–H and O–H groups in total. The maximum atomic E-state index is 13.2. The van der Waals surface area contributed by atoms with Crippen molar-refractivity contribution in [3.05, 3.63) is 48.0 Å². The zero-order chi connectivity index (χ0) is 24.6. The third-order valence-electron chi connectivity index (χ3n) is 8.01. The molecule has 1 spiro atoms. The summed E-state index contributed by atoms with van der Waals surface area (Å²) in [5.74, 6) is 1.19. The number of hydrogen-bond donors (Lipinski definition) is 1. The van der Waals surface area contributed by atoms with Crippen LogP contribution in [0.2, 0.25) is 0 Å². The zero-order valence-electron chi connectivity index (χ0n) is 21.0. The Morgan fingerprint density at radius 1 is 1.06 bits per heavy atom. The first kappa shape index (κ1) is 23.9. The predicted octanol–water partition coefficient (Wildman–Crippen LogP) is 5.16. The Morgan fingerprint density at radius 2 is 1.77 bits per heavy atom. The average molecular weight is 477 g/mol. The molecule has 2 amide bonds. The van der Waals surface area contributed by atoms with Crippen LogP contribution in [-0.2, 0) is 19.7 Å². The van der Waals surface area contributed by atoms with Crippen LogP contribution in [0.15, 0.2) is 42.5 Å². The molecule has 1 saturated carbocycles. The highest BCUT2D eigenvalue weighted by Gasteiger charge is 2.49. The number of ether oxygens (including phenoxy) is 2. The molecule has 1 saturated heterocycles. The van der Waals surface area contributed by atoms with Crippen LogP contribution < -0.4 is 10.1 Å². The van der Waals surface area contributed by atoms with Crippen molar-refractivity contribution >= 4 is 17.5 Å². The lowest BCUT2D eigenvalue weighted by Crippen LogP contribution is -2.50. The lowest BCUT2D eigenvalue weighted by Gasteiger charge is -2.40. The van der Waals surface area contributed by atoms with Gasteiger partial charge in [0.25, 0.3) is 0 Å². The molecule has 0 radical (unpaired) electrons. The van der Waals surface area contributed by atoms with Gasteiger partial charge < -0.3 is 19.7 Å². The van der Waals surface area contributed by atoms with E-state index >= 15 is 0 Å². The number of methoxy groups -OCH3 is 1. The topological polar surface area (TPSA) is 67.9 Å². The van der Waals surface area contributed by atoms with E-state index in [1.807, 2.05) is 36.9 Å². The number of piperidine rings is 1. The van der Waals surface area contributed by atoms with E-state index in [2.05, 4.69) is 29.6 Å². The summed E-state index contributed by atoms with van der Waals surface area (Å²) in [6, 6.07) is 14.3. The van der Waals surface area contributed by atoms with Crippen LogP contribution in [0, 0.1) is 5.92 Å². The van der Waals surface area contributed by atoms with Gasteiger partial charge >= 0.3 is 0 Å². The largest absolute Gasteiger partial charge is 0.491 e. The summed E-state index contributed by atoms with van der Waals surface area (Å²) in [4.78, 5) is 28.4. The van der Waals surface area contributed by atoms with E-state index in [1.54, 1.807) is 7.11 Å². The van der Waals surface area contributed by atoms with Crippen LogP contribution in [0.4, 0.5) is 5.69 Å². The molecule has 0 aromatic heterocycles. The van der Waals surface area contributed by atoms with E-state index in [9.17, 15) is 9.59 Å². The van der Waals surface area contributed by atoms with Crippen LogP contribution in [0.5, 0.6) is 5.75 Å². The quantitative estimate of drug-likeness (QED) is 0.647. The van der Waals surface area contributed by atoms with Crippen LogP contribution in [0.25, 0.3) is 11.1 Å². The Kier molecular flexibility index (Phi) is 6.58. The number of nitrogens with zero attached hydrogens (tertiary/aromatic N) is 1. The SMILES string of the molecule is CO[C@@H]1CCC[C@H](C(=O)N2CCC3(CC2)C(=O)Nc2ccc(-c4ccc(OC(C)C)cc4)cc23)C1. The summed E-state index contributed by atoms with van der Waals surface area (Å²) in [6.07, 6.45) is 5.45. The number of rotatable bonds is 5. The smallest absolute Gasteiger partial charge is 0.235 e. The second-order valence-corrected chi connectivity index (χ2v) is 10.5. The van der Waals surface area contributed by atoms with Crippen molar-refractivity contribution in [1.29, 1.82) is 0 Å². The van der Waals surface area contributed by atoms with Crippen molar-refractivity contribution in [3.8, 4) is 16.9 Å². The molecule has 6 heteroatoms. The number of carbonyl (C=O) groups excluding carboxylic acids is 2. The second-order valence-electron chi connectivity index (χ2n) is 10.5. The van der Waals surface area contributed by atoms with Crippen molar-refractivity contribution in [1.82, 2.24) is 4.90 Å². The molecule has 3 aliphatic rings. The summed E-state index contributed by atoms with van der Waals surface area (Å²) in [7, 11) is 1.74. The maximum absolute atomic E-state index is 13.2. The summed E-state index contributed by atoms with van der Waals surface area (Å²) in [5.41, 5.74) is 3.57. The second kappa shape index (κ2) is 9.65. The van der Waals surface area contributed by atoms with E-state index in [1.165, 1.54) is 0 Å². The molecule has 6 nitrogen and oxygen atoms in total. The minimum Gasteiger partial charge on any atom is -0.491 e. The predicted molar refractivity (Wildman–Crippen MR) is 137 cm³/mol. The molecule has 0 bridgehead atoms. The van der Waals surface area contributed by atoms with Crippen molar-refractivity contribution < 1.29 is 19.1 Å². The van der Waals surface area contributed by atoms with Crippen molar-refractivity contribution in [2.45, 2.75) is 70.0 Å². The third kappa shape index (κ3) is 4.56. The number of amides is 2. The van der Waals surface area contributed by atoms with Gasteiger partial charge in [-0.05, 0) is 86.9 Å². The molecule has 5 rings (SSSR count). The third-order valence-corrected chi connectivity index (χ3v) is 8.01. The fourth-order valence-corrected chi connectivity index (χ4v) is 6.04. The number of likely N-dealkylation sites (tertiary alicyclic amines) is 1. The van der Waals surface area contributed by atoms with Crippen molar-refractivity contribution in [2.75, 3.05) is 25.5 Å². The first-order valence-electron chi connectivity index (χ1n) is 12.9. The van der Waals surface area contributed by atoms with Gasteiger partial charge in [-0.3, -0.25) is 9.59 Å². The highest BCUT2D eigenvalue weighted by molar-refractivity contribution is 6.07. The molecule has 186 valence electrons. The van der Waals surface area contributed by atoms with E-state index in [-0.39, 0.29) is 29.9 Å².